The van der Waals surface area contributed by atoms with E-state index in [4.69, 9.17) is 8.85 Å². The minimum absolute atomic E-state index is 0.775. The topological polar surface area (TPSA) is 31.4 Å². The Balaban J connectivity index is 1.33. The van der Waals surface area contributed by atoms with Gasteiger partial charge in [0.25, 0.3) is 0 Å². The van der Waals surface area contributed by atoms with E-state index in [0.717, 1.165) is 38.3 Å². The van der Waals surface area contributed by atoms with Crippen molar-refractivity contribution >= 4 is 8.88 Å². The van der Waals surface area contributed by atoms with Gasteiger partial charge in [-0.3, -0.25) is 9.13 Å². The number of hydrogen-bond acceptors (Lipinski definition) is 6. The normalized spacial score (nSPS) is 28.8. The van der Waals surface area contributed by atoms with Crippen molar-refractivity contribution < 1.29 is 8.85 Å². The fourth-order valence-corrected chi connectivity index (χ4v) is 9.64. The van der Waals surface area contributed by atoms with E-state index in [1.54, 1.807) is 0 Å². The van der Waals surface area contributed by atoms with Crippen LogP contribution in [0.25, 0.3) is 0 Å². The summed E-state index contributed by atoms with van der Waals surface area (Å²) in [4.78, 5) is 5.52. The van der Waals surface area contributed by atoms with Crippen molar-refractivity contribution in [3.63, 3.8) is 0 Å². The zero-order valence-electron chi connectivity index (χ0n) is 19.0. The van der Waals surface area contributed by atoms with Gasteiger partial charge >= 0.3 is 8.88 Å². The van der Waals surface area contributed by atoms with Crippen LogP contribution < -0.4 is 0 Å². The van der Waals surface area contributed by atoms with Gasteiger partial charge in [-0.2, -0.15) is 0 Å². The van der Waals surface area contributed by atoms with Crippen LogP contribution in [0.4, 0.5) is 0 Å². The molecule has 168 valence electrons. The zero-order valence-corrected chi connectivity index (χ0v) is 20.0. The van der Waals surface area contributed by atoms with Gasteiger partial charge in [0, 0.05) is 26.3 Å². The van der Waals surface area contributed by atoms with Gasteiger partial charge in [-0.25, -0.2) is 0 Å². The molecule has 29 heavy (non-hydrogen) atoms. The summed E-state index contributed by atoms with van der Waals surface area (Å²) >= 11 is 0. The lowest BCUT2D eigenvalue weighted by Crippen LogP contribution is -2.72. The van der Waals surface area contributed by atoms with E-state index in [2.05, 4.69) is 18.9 Å². The molecule has 4 aliphatic heterocycles. The van der Waals surface area contributed by atoms with Crippen LogP contribution in [0.15, 0.2) is 0 Å². The quantitative estimate of drug-likeness (QED) is 0.610. The summed E-state index contributed by atoms with van der Waals surface area (Å²) in [5.74, 6) is 0. The van der Waals surface area contributed by atoms with Crippen molar-refractivity contribution in [1.82, 2.24) is 18.9 Å². The average molecular weight is 425 g/mol. The Hall–Kier alpha value is -0.0231. The van der Waals surface area contributed by atoms with Crippen LogP contribution in [-0.2, 0) is 8.85 Å². The van der Waals surface area contributed by atoms with Crippen LogP contribution in [0.1, 0.15) is 64.2 Å². The van der Waals surface area contributed by atoms with E-state index in [-0.39, 0.29) is 0 Å². The molecule has 0 radical (unpaired) electrons. The van der Waals surface area contributed by atoms with Gasteiger partial charge in [-0.15, -0.1) is 0 Å². The van der Waals surface area contributed by atoms with Crippen molar-refractivity contribution in [2.75, 3.05) is 66.6 Å². The molecule has 0 N–H and O–H groups in total. The first kappa shape index (κ1) is 22.2. The highest BCUT2D eigenvalue weighted by Gasteiger charge is 2.52. The number of hydrogen-bond donors (Lipinski definition) is 0. The molecule has 4 fully saturated rings. The number of likely N-dealkylation sites (tertiary alicyclic amines) is 2. The van der Waals surface area contributed by atoms with Crippen LogP contribution >= 0.6 is 0 Å². The van der Waals surface area contributed by atoms with Crippen LogP contribution in [0.2, 0.25) is 0 Å². The average Bonchev–Trinajstić information content (AvgIpc) is 2.82. The second-order valence-electron chi connectivity index (χ2n) is 9.59. The first-order valence-corrected chi connectivity index (χ1v) is 14.1. The van der Waals surface area contributed by atoms with Crippen molar-refractivity contribution in [3.05, 3.63) is 0 Å². The lowest BCUT2D eigenvalue weighted by atomic mass is 10.0. The molecule has 0 bridgehead atoms. The molecular formula is C22H44N4O2Si. The Morgan fingerprint density at radius 3 is 1.17 bits per heavy atom. The number of piperidine rings is 4. The molecule has 0 aromatic heterocycles. The zero-order chi connectivity index (χ0) is 20.1. The van der Waals surface area contributed by atoms with E-state index < -0.39 is 8.88 Å². The fourth-order valence-electron chi connectivity index (χ4n) is 6.39. The summed E-state index contributed by atoms with van der Waals surface area (Å²) in [6, 6.07) is 1.55. The Morgan fingerprint density at radius 2 is 0.862 bits per heavy atom. The fraction of sp³-hybridized carbons (Fsp3) is 1.00. The van der Waals surface area contributed by atoms with E-state index in [1.807, 2.05) is 14.2 Å². The van der Waals surface area contributed by atoms with Crippen LogP contribution in [0, 0.1) is 0 Å². The van der Waals surface area contributed by atoms with Gasteiger partial charge in [-0.05, 0) is 104 Å². The maximum Gasteiger partial charge on any atom is 0.521 e. The van der Waals surface area contributed by atoms with Gasteiger partial charge in [0.05, 0.1) is 0 Å². The second-order valence-corrected chi connectivity index (χ2v) is 12.8. The van der Waals surface area contributed by atoms with Crippen molar-refractivity contribution in [3.8, 4) is 0 Å². The molecule has 4 saturated heterocycles. The number of rotatable bonds is 6. The highest BCUT2D eigenvalue weighted by molar-refractivity contribution is 6.61. The summed E-state index contributed by atoms with van der Waals surface area (Å²) in [7, 11) is 1.31. The molecule has 0 unspecified atom stereocenters. The molecule has 0 atom stereocenters. The molecular weight excluding hydrogens is 380 g/mol. The van der Waals surface area contributed by atoms with E-state index in [1.165, 1.54) is 90.4 Å². The molecule has 7 heteroatoms. The molecule has 0 aliphatic carbocycles. The summed E-state index contributed by atoms with van der Waals surface area (Å²) in [6.45, 7) is 9.75. The Morgan fingerprint density at radius 1 is 0.517 bits per heavy atom. The summed E-state index contributed by atoms with van der Waals surface area (Å²) < 4.78 is 17.7. The van der Waals surface area contributed by atoms with Gasteiger partial charge in [0.2, 0.25) is 0 Å². The van der Waals surface area contributed by atoms with E-state index in [0.29, 0.717) is 0 Å². The van der Waals surface area contributed by atoms with E-state index >= 15 is 0 Å². The van der Waals surface area contributed by atoms with Crippen LogP contribution in [0.5, 0.6) is 0 Å². The molecule has 0 aromatic carbocycles. The van der Waals surface area contributed by atoms with Crippen LogP contribution in [-0.4, -0.2) is 106 Å². The van der Waals surface area contributed by atoms with Crippen molar-refractivity contribution in [2.45, 2.75) is 76.3 Å². The maximum atomic E-state index is 6.27. The molecule has 4 aliphatic rings. The second kappa shape index (κ2) is 10.5. The van der Waals surface area contributed by atoms with Crippen molar-refractivity contribution in [1.29, 1.82) is 0 Å². The van der Waals surface area contributed by atoms with Gasteiger partial charge in [0.1, 0.15) is 0 Å². The lowest BCUT2D eigenvalue weighted by molar-refractivity contribution is 0.0384. The number of nitrogens with zero attached hydrogens (tertiary/aromatic N) is 4. The monoisotopic (exact) mass is 424 g/mol. The summed E-state index contributed by atoms with van der Waals surface area (Å²) in [6.07, 6.45) is 13.5. The Kier molecular flexibility index (Phi) is 8.05. The summed E-state index contributed by atoms with van der Waals surface area (Å²) in [5.41, 5.74) is 0. The summed E-state index contributed by atoms with van der Waals surface area (Å²) in [5, 5.41) is 0. The lowest BCUT2D eigenvalue weighted by Gasteiger charge is -2.50. The predicted octanol–water partition coefficient (Wildman–Crippen LogP) is 2.62. The maximum absolute atomic E-state index is 6.27. The van der Waals surface area contributed by atoms with E-state index in [9.17, 15) is 0 Å². The standard InChI is InChI=1S/C22H44N4O2Si/c1-27-29(28-2,25-17-9-21(10-18-25)23-13-5-3-6-14-23)26-19-11-22(12-20-26)24-15-7-4-8-16-24/h21-22H,3-20H2,1-2H3. The molecule has 4 heterocycles. The molecule has 4 rings (SSSR count). The Labute approximate surface area is 179 Å². The molecule has 6 nitrogen and oxygen atoms in total. The molecule has 0 aromatic rings. The minimum atomic E-state index is -2.47. The smallest absolute Gasteiger partial charge is 0.374 e. The third-order valence-corrected chi connectivity index (χ3v) is 11.6. The SMILES string of the molecule is CO[Si](OC)(N1CCC(N2CCCCC2)CC1)N1CCC(N2CCCCC2)CC1. The van der Waals surface area contributed by atoms with Gasteiger partial charge in [-0.1, -0.05) is 12.8 Å². The first-order chi connectivity index (χ1) is 14.3. The predicted molar refractivity (Wildman–Crippen MR) is 120 cm³/mol. The van der Waals surface area contributed by atoms with Crippen LogP contribution in [0.3, 0.4) is 0 Å². The Bertz CT molecular complexity index is 439. The molecule has 0 spiro atoms. The van der Waals surface area contributed by atoms with Gasteiger partial charge < -0.3 is 18.7 Å². The minimum Gasteiger partial charge on any atom is -0.374 e. The van der Waals surface area contributed by atoms with Gasteiger partial charge in [0.15, 0.2) is 0 Å². The van der Waals surface area contributed by atoms with Crippen molar-refractivity contribution in [2.24, 2.45) is 0 Å². The first-order valence-electron chi connectivity index (χ1n) is 12.4. The third kappa shape index (κ3) is 4.91. The highest BCUT2D eigenvalue weighted by atomic mass is 28.4. The highest BCUT2D eigenvalue weighted by Crippen LogP contribution is 2.30. The molecule has 0 saturated carbocycles. The third-order valence-electron chi connectivity index (χ3n) is 8.07. The molecule has 0 amide bonds. The largest absolute Gasteiger partial charge is 0.521 e.